The number of primary sulfonamides is 1. The third kappa shape index (κ3) is 14.2. The van der Waals surface area contributed by atoms with Crippen LogP contribution < -0.4 is 34.7 Å². The molecule has 0 aliphatic carbocycles. The van der Waals surface area contributed by atoms with Gasteiger partial charge in [-0.15, -0.1) is 0 Å². The molecule has 12 rings (SSSR count). The molecule has 0 spiro atoms. The van der Waals surface area contributed by atoms with Gasteiger partial charge in [-0.05, 0) is 179 Å². The summed E-state index contributed by atoms with van der Waals surface area (Å²) in [6, 6.07) is 51.3. The number of fused-ring (bicyclic) bond motifs is 2. The molecular weight excluding hydrogens is 1290 g/mol. The Labute approximate surface area is 567 Å². The van der Waals surface area contributed by atoms with E-state index in [0.29, 0.717) is 62.8 Å². The lowest BCUT2D eigenvalue weighted by Crippen LogP contribution is -2.30. The number of ether oxygens (including phenoxy) is 4. The Balaban J connectivity index is 0.000000259. The summed E-state index contributed by atoms with van der Waals surface area (Å²) >= 11 is 13.9. The molecule has 22 heteroatoms. The van der Waals surface area contributed by atoms with Crippen LogP contribution in [0.5, 0.6) is 23.0 Å². The highest BCUT2D eigenvalue weighted by Gasteiger charge is 2.27. The van der Waals surface area contributed by atoms with Crippen LogP contribution in [-0.4, -0.2) is 68.7 Å². The van der Waals surface area contributed by atoms with Gasteiger partial charge in [-0.2, -0.15) is 4.31 Å². The van der Waals surface area contributed by atoms with Crippen LogP contribution >= 0.6 is 23.2 Å². The second-order valence-corrected chi connectivity index (χ2v) is 26.8. The lowest BCUT2D eigenvalue weighted by atomic mass is 10.0. The largest absolute Gasteiger partial charge is 0.497 e. The minimum atomic E-state index is -4.01. The van der Waals surface area contributed by atoms with Crippen LogP contribution in [0.2, 0.25) is 10.0 Å². The molecular formula is C74H64Cl2N10O8S2. The lowest BCUT2D eigenvalue weighted by molar-refractivity contribution is 0.397. The van der Waals surface area contributed by atoms with Gasteiger partial charge in [-0.1, -0.05) is 71.7 Å². The van der Waals surface area contributed by atoms with Crippen molar-refractivity contribution in [2.24, 2.45) is 5.14 Å². The van der Waals surface area contributed by atoms with Crippen LogP contribution in [-0.2, 0) is 46.2 Å². The first-order valence-corrected chi connectivity index (χ1v) is 33.6. The molecule has 4 aromatic heterocycles. The molecule has 96 heavy (non-hydrogen) atoms. The van der Waals surface area contributed by atoms with E-state index in [-0.39, 0.29) is 22.9 Å². The summed E-state index contributed by atoms with van der Waals surface area (Å²) in [6.45, 7) is 20.5. The van der Waals surface area contributed by atoms with Gasteiger partial charge in [0.1, 0.15) is 23.0 Å². The van der Waals surface area contributed by atoms with Crippen molar-refractivity contribution in [2.45, 2.75) is 49.8 Å². The Hall–Kier alpha value is -10.7. The van der Waals surface area contributed by atoms with Gasteiger partial charge >= 0.3 is 0 Å². The SMILES string of the molecule is [C-]#[N+]c1cc2c(-c3cncc(N(Cc4ccc(OC)cc4)Cc4ccc(OC)cc4)c3Cl)cn(-c3ccc(S(=O)(=O)N(Cc4ccc(OC)cc4)Cc4ccc(OC)cc4)cc3)c2cc1C.[C-]#[N+]c1cc2c(-c3cncc(N)c3Cl)cn(-c3ccc(S(N)(=O)=O)cc3)c2cc1C. The number of nitrogen functional groups attached to an aromatic ring is 1. The molecule has 0 unspecified atom stereocenters. The van der Waals surface area contributed by atoms with E-state index < -0.39 is 20.0 Å². The van der Waals surface area contributed by atoms with Crippen molar-refractivity contribution >= 4 is 87.8 Å². The molecule has 0 saturated carbocycles. The zero-order chi connectivity index (χ0) is 68.0. The third-order valence-corrected chi connectivity index (χ3v) is 20.0. The van der Waals surface area contributed by atoms with Crippen molar-refractivity contribution in [1.82, 2.24) is 23.4 Å². The lowest BCUT2D eigenvalue weighted by Gasteiger charge is -2.27. The van der Waals surface area contributed by atoms with Crippen molar-refractivity contribution in [1.29, 1.82) is 0 Å². The number of anilines is 2. The summed E-state index contributed by atoms with van der Waals surface area (Å²) in [4.78, 5) is 18.7. The molecule has 0 atom stereocenters. The predicted octanol–water partition coefficient (Wildman–Crippen LogP) is 16.3. The second kappa shape index (κ2) is 28.5. The van der Waals surface area contributed by atoms with Crippen LogP contribution in [0.1, 0.15) is 33.4 Å². The summed E-state index contributed by atoms with van der Waals surface area (Å²) < 4.78 is 79.2. The fraction of sp³-hybridized carbons (Fsp3) is 0.135. The fourth-order valence-corrected chi connectivity index (χ4v) is 13.7. The Morgan fingerprint density at radius 1 is 0.479 bits per heavy atom. The first kappa shape index (κ1) is 66.8. The van der Waals surface area contributed by atoms with E-state index in [0.717, 1.165) is 94.9 Å². The normalized spacial score (nSPS) is 11.4. The average Bonchev–Trinajstić information content (AvgIpc) is 1.59. The van der Waals surface area contributed by atoms with E-state index in [4.69, 9.17) is 71.2 Å². The Morgan fingerprint density at radius 3 is 1.22 bits per heavy atom. The van der Waals surface area contributed by atoms with Crippen LogP contribution in [0.15, 0.2) is 217 Å². The summed E-state index contributed by atoms with van der Waals surface area (Å²) in [5, 5.41) is 7.67. The Bertz CT molecular complexity index is 5080. The highest BCUT2D eigenvalue weighted by Crippen LogP contribution is 2.44. The number of sulfonamides is 2. The van der Waals surface area contributed by atoms with E-state index >= 15 is 0 Å². The molecule has 12 aromatic rings. The van der Waals surface area contributed by atoms with Crippen molar-refractivity contribution in [2.75, 3.05) is 39.1 Å². The van der Waals surface area contributed by atoms with Gasteiger partial charge < -0.3 is 38.7 Å². The maximum Gasteiger partial charge on any atom is 0.243 e. The number of hydrogen-bond acceptors (Lipinski definition) is 12. The van der Waals surface area contributed by atoms with E-state index in [9.17, 15) is 16.8 Å². The quantitative estimate of drug-likeness (QED) is 0.0683. The standard InChI is InChI=1S/C53H48ClN5O6S.C21H16ClN5O2S/c1-36-27-51-47(28-50(36)55-2)49(48-29-56-30-52(53(48)54)57(31-37-7-17-42(62-3)18-8-37)32-38-9-19-43(63-4)20-10-38)35-59(51)41-15-25-46(26-16-41)66(60,61)58(33-39-11-21-44(64-5)22-12-39)34-40-13-23-45(65-6)24-14-40;1-12-7-20-15(8-19(12)25-2)17(16-9-26-10-18(23)21(16)22)11-27(20)13-3-5-14(6-4-13)30(24,28)29/h7-30,35H,31-34H2,1,3-6H3;3-11H,23H2,1H3,(H2,24,28,29). The number of aryl methyl sites for hydroxylation is 2. The molecule has 0 fully saturated rings. The Morgan fingerprint density at radius 2 is 0.844 bits per heavy atom. The first-order chi connectivity index (χ1) is 46.2. The van der Waals surface area contributed by atoms with Gasteiger partial charge in [0.15, 0.2) is 11.4 Å². The molecule has 4 N–H and O–H groups in total. The zero-order valence-corrected chi connectivity index (χ0v) is 56.2. The van der Waals surface area contributed by atoms with Gasteiger partial charge in [0.25, 0.3) is 0 Å². The monoisotopic (exact) mass is 1350 g/mol. The third-order valence-electron chi connectivity index (χ3n) is 16.5. The number of pyridine rings is 2. The van der Waals surface area contributed by atoms with Crippen molar-refractivity contribution in [3.05, 3.63) is 273 Å². The van der Waals surface area contributed by atoms with Crippen molar-refractivity contribution < 1.29 is 35.8 Å². The molecule has 0 aliphatic rings. The minimum Gasteiger partial charge on any atom is -0.497 e. The Kier molecular flexibility index (Phi) is 19.8. The van der Waals surface area contributed by atoms with E-state index in [1.807, 2.05) is 157 Å². The number of benzene rings is 8. The molecule has 484 valence electrons. The van der Waals surface area contributed by atoms with E-state index in [1.54, 1.807) is 83.4 Å². The smallest absolute Gasteiger partial charge is 0.243 e. The topological polar surface area (TPSA) is 208 Å². The van der Waals surface area contributed by atoms with Crippen LogP contribution in [0.3, 0.4) is 0 Å². The minimum absolute atomic E-state index is 0.0254. The van der Waals surface area contributed by atoms with Crippen molar-refractivity contribution in [3.8, 4) is 56.6 Å². The maximum atomic E-state index is 14.6. The average molecular weight is 1360 g/mol. The first-order valence-electron chi connectivity index (χ1n) is 29.8. The van der Waals surface area contributed by atoms with E-state index in [2.05, 4.69) is 19.6 Å². The van der Waals surface area contributed by atoms with Crippen LogP contribution in [0.25, 0.3) is 65.1 Å². The van der Waals surface area contributed by atoms with Crippen molar-refractivity contribution in [3.63, 3.8) is 0 Å². The number of methoxy groups -OCH3 is 4. The highest BCUT2D eigenvalue weighted by molar-refractivity contribution is 7.89. The molecule has 8 aromatic carbocycles. The maximum absolute atomic E-state index is 14.6. The van der Waals surface area contributed by atoms with Crippen LogP contribution in [0, 0.1) is 27.0 Å². The molecule has 0 saturated heterocycles. The second-order valence-electron chi connectivity index (χ2n) is 22.5. The zero-order valence-electron chi connectivity index (χ0n) is 53.0. The van der Waals surface area contributed by atoms with Gasteiger partial charge in [0.2, 0.25) is 20.0 Å². The summed E-state index contributed by atoms with van der Waals surface area (Å²) in [6.07, 6.45) is 10.5. The summed E-state index contributed by atoms with van der Waals surface area (Å²) in [7, 11) is -1.32. The number of hydrogen-bond donors (Lipinski definition) is 2. The number of rotatable bonds is 20. The van der Waals surface area contributed by atoms with Crippen LogP contribution in [0.4, 0.5) is 22.7 Å². The predicted molar refractivity (Wildman–Crippen MR) is 379 cm³/mol. The van der Waals surface area contributed by atoms with Gasteiger partial charge in [0, 0.05) is 84.6 Å². The molecule has 0 amide bonds. The number of nitrogens with two attached hydrogens (primary N) is 2. The molecule has 0 bridgehead atoms. The fourth-order valence-electron chi connectivity index (χ4n) is 11.3. The molecule has 4 heterocycles. The summed E-state index contributed by atoms with van der Waals surface area (Å²) in [5.74, 6) is 2.89. The number of halogens is 2. The molecule has 0 aliphatic heterocycles. The number of nitrogens with zero attached hydrogens (tertiary/aromatic N) is 8. The van der Waals surface area contributed by atoms with Gasteiger partial charge in [-0.3, -0.25) is 9.97 Å². The molecule has 0 radical (unpaired) electrons. The highest BCUT2D eigenvalue weighted by atomic mass is 35.5. The van der Waals surface area contributed by atoms with Gasteiger partial charge in [0.05, 0.1) is 96.2 Å². The van der Waals surface area contributed by atoms with E-state index in [1.165, 1.54) is 22.6 Å². The number of aromatic nitrogens is 4. The van der Waals surface area contributed by atoms with Gasteiger partial charge in [-0.25, -0.2) is 31.7 Å². The molecule has 18 nitrogen and oxygen atoms in total. The summed E-state index contributed by atoms with van der Waals surface area (Å²) in [5.41, 5.74) is 19.3.